The van der Waals surface area contributed by atoms with E-state index in [1.165, 1.54) is 0 Å². The number of hydrogen-bond acceptors (Lipinski definition) is 3. The number of nitrogens with zero attached hydrogens (tertiary/aromatic N) is 2. The van der Waals surface area contributed by atoms with Crippen molar-refractivity contribution in [1.29, 1.82) is 0 Å². The molecule has 18 heavy (non-hydrogen) atoms. The third-order valence-electron chi connectivity index (χ3n) is 3.61. The van der Waals surface area contributed by atoms with Crippen molar-refractivity contribution in [1.82, 2.24) is 9.80 Å². The van der Waals surface area contributed by atoms with E-state index in [1.807, 2.05) is 4.90 Å². The summed E-state index contributed by atoms with van der Waals surface area (Å²) in [7, 11) is 0. The second-order valence-electron chi connectivity index (χ2n) is 6.00. The van der Waals surface area contributed by atoms with Gasteiger partial charge < -0.3 is 9.64 Å². The van der Waals surface area contributed by atoms with Crippen molar-refractivity contribution in [3.05, 3.63) is 0 Å². The first kappa shape index (κ1) is 15.3. The molecule has 4 nitrogen and oxygen atoms in total. The Balaban J connectivity index is 2.54. The van der Waals surface area contributed by atoms with Gasteiger partial charge >= 0.3 is 6.09 Å². The Labute approximate surface area is 111 Å². The Morgan fingerprint density at radius 1 is 1.33 bits per heavy atom. The number of rotatable bonds is 4. The minimum Gasteiger partial charge on any atom is -0.449 e. The van der Waals surface area contributed by atoms with Crippen LogP contribution in [0.1, 0.15) is 47.5 Å². The minimum absolute atomic E-state index is 0.147. The fraction of sp³-hybridized carbons (Fsp3) is 0.929. The first-order valence-corrected chi connectivity index (χ1v) is 7.07. The maximum Gasteiger partial charge on any atom is 0.410 e. The van der Waals surface area contributed by atoms with Crippen LogP contribution in [-0.2, 0) is 4.74 Å². The molecule has 0 bridgehead atoms. The van der Waals surface area contributed by atoms with Crippen molar-refractivity contribution >= 4 is 6.09 Å². The lowest BCUT2D eigenvalue weighted by Gasteiger charge is -2.47. The van der Waals surface area contributed by atoms with Crippen LogP contribution in [0.3, 0.4) is 0 Å². The van der Waals surface area contributed by atoms with Crippen molar-refractivity contribution < 1.29 is 9.53 Å². The van der Waals surface area contributed by atoms with Crippen LogP contribution in [0.25, 0.3) is 0 Å². The molecule has 0 spiro atoms. The predicted octanol–water partition coefficient (Wildman–Crippen LogP) is 2.73. The van der Waals surface area contributed by atoms with Gasteiger partial charge in [0.15, 0.2) is 0 Å². The Morgan fingerprint density at radius 2 is 2.00 bits per heavy atom. The Morgan fingerprint density at radius 3 is 2.50 bits per heavy atom. The molecular weight excluding hydrogens is 228 g/mol. The van der Waals surface area contributed by atoms with Crippen LogP contribution in [0.2, 0.25) is 0 Å². The van der Waals surface area contributed by atoms with E-state index in [4.69, 9.17) is 4.74 Å². The molecule has 0 aromatic rings. The molecule has 0 radical (unpaired) electrons. The molecule has 0 atom stereocenters. The summed E-state index contributed by atoms with van der Waals surface area (Å²) in [5.74, 6) is 0. The lowest BCUT2D eigenvalue weighted by molar-refractivity contribution is 0.00123. The molecule has 0 N–H and O–H groups in total. The molecule has 1 rings (SSSR count). The first-order valence-electron chi connectivity index (χ1n) is 7.07. The molecule has 106 valence electrons. The van der Waals surface area contributed by atoms with Crippen LogP contribution >= 0.6 is 0 Å². The Kier molecular flexibility index (Phi) is 5.45. The number of amides is 1. The summed E-state index contributed by atoms with van der Waals surface area (Å²) in [6.07, 6.45) is 1.84. The summed E-state index contributed by atoms with van der Waals surface area (Å²) in [5.41, 5.74) is -0.147. The number of carbonyl (C=O) groups is 1. The summed E-state index contributed by atoms with van der Waals surface area (Å²) in [6.45, 7) is 13.9. The van der Waals surface area contributed by atoms with Crippen LogP contribution in [0, 0.1) is 0 Å². The van der Waals surface area contributed by atoms with E-state index in [1.54, 1.807) is 0 Å². The Hall–Kier alpha value is -0.770. The number of piperazine rings is 1. The number of ether oxygens (including phenoxy) is 1. The van der Waals surface area contributed by atoms with Gasteiger partial charge in [0.2, 0.25) is 0 Å². The minimum atomic E-state index is -0.156. The predicted molar refractivity (Wildman–Crippen MR) is 73.8 cm³/mol. The van der Waals surface area contributed by atoms with Crippen molar-refractivity contribution in [2.75, 3.05) is 26.2 Å². The fourth-order valence-electron chi connectivity index (χ4n) is 2.35. The van der Waals surface area contributed by atoms with E-state index >= 15 is 0 Å². The van der Waals surface area contributed by atoms with Gasteiger partial charge in [-0.2, -0.15) is 0 Å². The standard InChI is InChI=1S/C14H28N2O2/c1-6-7-10-18-13(17)16-9-8-15(12(2)3)11-14(16,4)5/h12H,6-11H2,1-5H3. The summed E-state index contributed by atoms with van der Waals surface area (Å²) in [4.78, 5) is 16.3. The van der Waals surface area contributed by atoms with Crippen LogP contribution in [0.4, 0.5) is 4.79 Å². The summed E-state index contributed by atoms with van der Waals surface area (Å²) in [6, 6.07) is 0.530. The quantitative estimate of drug-likeness (QED) is 0.725. The van der Waals surface area contributed by atoms with E-state index in [-0.39, 0.29) is 11.6 Å². The van der Waals surface area contributed by atoms with E-state index in [0.717, 1.165) is 32.5 Å². The molecule has 0 aromatic heterocycles. The summed E-state index contributed by atoms with van der Waals surface area (Å²) < 4.78 is 5.32. The summed E-state index contributed by atoms with van der Waals surface area (Å²) >= 11 is 0. The lowest BCUT2D eigenvalue weighted by atomic mass is 9.98. The highest BCUT2D eigenvalue weighted by Gasteiger charge is 2.38. The largest absolute Gasteiger partial charge is 0.449 e. The molecule has 1 heterocycles. The molecule has 1 fully saturated rings. The Bertz CT molecular complexity index is 277. The zero-order valence-corrected chi connectivity index (χ0v) is 12.5. The second-order valence-corrected chi connectivity index (χ2v) is 6.00. The molecule has 0 saturated carbocycles. The molecular formula is C14H28N2O2. The number of carbonyl (C=O) groups excluding carboxylic acids is 1. The van der Waals surface area contributed by atoms with Crippen molar-refractivity contribution in [2.45, 2.75) is 59.0 Å². The zero-order chi connectivity index (χ0) is 13.8. The van der Waals surface area contributed by atoms with Gasteiger partial charge in [0, 0.05) is 25.7 Å². The van der Waals surface area contributed by atoms with E-state index in [2.05, 4.69) is 39.5 Å². The third kappa shape index (κ3) is 3.87. The SMILES string of the molecule is CCCCOC(=O)N1CCN(C(C)C)CC1(C)C. The highest BCUT2D eigenvalue weighted by atomic mass is 16.6. The molecule has 0 aliphatic carbocycles. The van der Waals surface area contributed by atoms with Gasteiger partial charge in [-0.15, -0.1) is 0 Å². The summed E-state index contributed by atoms with van der Waals surface area (Å²) in [5, 5.41) is 0. The van der Waals surface area contributed by atoms with E-state index < -0.39 is 0 Å². The topological polar surface area (TPSA) is 32.8 Å². The zero-order valence-electron chi connectivity index (χ0n) is 12.5. The molecule has 0 aromatic carbocycles. The number of hydrogen-bond donors (Lipinski definition) is 0. The molecule has 0 unspecified atom stereocenters. The van der Waals surface area contributed by atoms with Crippen LogP contribution in [-0.4, -0.2) is 53.7 Å². The maximum atomic E-state index is 12.1. The average molecular weight is 256 g/mol. The molecule has 1 saturated heterocycles. The van der Waals surface area contributed by atoms with E-state index in [9.17, 15) is 4.79 Å². The van der Waals surface area contributed by atoms with Gasteiger partial charge in [0.1, 0.15) is 0 Å². The van der Waals surface area contributed by atoms with Crippen molar-refractivity contribution in [2.24, 2.45) is 0 Å². The second kappa shape index (κ2) is 6.41. The molecule has 4 heteroatoms. The van der Waals surface area contributed by atoms with Gasteiger partial charge in [0.25, 0.3) is 0 Å². The van der Waals surface area contributed by atoms with Crippen molar-refractivity contribution in [3.63, 3.8) is 0 Å². The van der Waals surface area contributed by atoms with Gasteiger partial charge in [-0.1, -0.05) is 13.3 Å². The smallest absolute Gasteiger partial charge is 0.410 e. The van der Waals surface area contributed by atoms with Crippen molar-refractivity contribution in [3.8, 4) is 0 Å². The molecule has 1 aliphatic rings. The average Bonchev–Trinajstić information content (AvgIpc) is 2.27. The maximum absolute atomic E-state index is 12.1. The van der Waals surface area contributed by atoms with Gasteiger partial charge in [-0.3, -0.25) is 4.90 Å². The van der Waals surface area contributed by atoms with Crippen LogP contribution < -0.4 is 0 Å². The highest BCUT2D eigenvalue weighted by Crippen LogP contribution is 2.23. The van der Waals surface area contributed by atoms with Gasteiger partial charge in [-0.25, -0.2) is 4.79 Å². The third-order valence-corrected chi connectivity index (χ3v) is 3.61. The van der Waals surface area contributed by atoms with E-state index in [0.29, 0.717) is 12.6 Å². The lowest BCUT2D eigenvalue weighted by Crippen LogP contribution is -2.62. The first-order chi connectivity index (χ1) is 8.38. The number of unbranched alkanes of at least 4 members (excludes halogenated alkanes) is 1. The van der Waals surface area contributed by atoms with Crippen LogP contribution in [0.15, 0.2) is 0 Å². The molecule has 1 amide bonds. The van der Waals surface area contributed by atoms with Gasteiger partial charge in [-0.05, 0) is 34.1 Å². The molecule has 1 aliphatic heterocycles. The monoisotopic (exact) mass is 256 g/mol. The highest BCUT2D eigenvalue weighted by molar-refractivity contribution is 5.68. The van der Waals surface area contributed by atoms with Crippen LogP contribution in [0.5, 0.6) is 0 Å². The van der Waals surface area contributed by atoms with Gasteiger partial charge in [0.05, 0.1) is 12.1 Å². The normalized spacial score (nSPS) is 20.2. The fourth-order valence-corrected chi connectivity index (χ4v) is 2.35.